The molecule has 1 heterocycles. The van der Waals surface area contributed by atoms with Gasteiger partial charge in [-0.25, -0.2) is 0 Å². The summed E-state index contributed by atoms with van der Waals surface area (Å²) in [5, 5.41) is 1.32. The van der Waals surface area contributed by atoms with E-state index in [0.29, 0.717) is 0 Å². The monoisotopic (exact) mass is 200 g/mol. The van der Waals surface area contributed by atoms with E-state index in [0.717, 1.165) is 12.8 Å². The third-order valence-electron chi connectivity index (χ3n) is 3.39. The lowest BCUT2D eigenvalue weighted by atomic mass is 9.91. The summed E-state index contributed by atoms with van der Waals surface area (Å²) < 4.78 is 0. The van der Waals surface area contributed by atoms with E-state index in [2.05, 4.69) is 30.1 Å². The number of rotatable bonds is 0. The van der Waals surface area contributed by atoms with Gasteiger partial charge in [0.15, 0.2) is 0 Å². The van der Waals surface area contributed by atoms with Gasteiger partial charge >= 0.3 is 0 Å². The largest absolute Gasteiger partial charge is 0.358 e. The van der Waals surface area contributed by atoms with Crippen molar-refractivity contribution in [1.29, 1.82) is 0 Å². The fraction of sp³-hybridized carbons (Fsp3) is 0.385. The Labute approximate surface area is 89.5 Å². The predicted molar refractivity (Wildman–Crippen MR) is 62.9 cm³/mol. The lowest BCUT2D eigenvalue weighted by Crippen LogP contribution is -2.16. The number of nitrogens with one attached hydrogen (secondary N) is 1. The van der Waals surface area contributed by atoms with Crippen LogP contribution in [0.3, 0.4) is 0 Å². The zero-order valence-electron chi connectivity index (χ0n) is 9.01. The molecule has 0 saturated carbocycles. The zero-order valence-corrected chi connectivity index (χ0v) is 9.01. The maximum atomic E-state index is 6.17. The van der Waals surface area contributed by atoms with Crippen LogP contribution in [0.5, 0.6) is 0 Å². The lowest BCUT2D eigenvalue weighted by molar-refractivity contribution is 0.569. The van der Waals surface area contributed by atoms with E-state index in [1.807, 2.05) is 0 Å². The van der Waals surface area contributed by atoms with E-state index >= 15 is 0 Å². The fourth-order valence-corrected chi connectivity index (χ4v) is 2.65. The molecule has 1 aliphatic rings. The number of aromatic nitrogens is 1. The van der Waals surface area contributed by atoms with Gasteiger partial charge in [0.05, 0.1) is 0 Å². The lowest BCUT2D eigenvalue weighted by Gasteiger charge is -2.18. The van der Waals surface area contributed by atoms with Gasteiger partial charge in [-0.3, -0.25) is 0 Å². The third kappa shape index (κ3) is 1.29. The van der Waals surface area contributed by atoms with Crippen molar-refractivity contribution in [3.05, 3.63) is 35.0 Å². The van der Waals surface area contributed by atoms with Crippen molar-refractivity contribution in [3.63, 3.8) is 0 Å². The minimum atomic E-state index is 0.227. The second-order valence-electron chi connectivity index (χ2n) is 4.56. The van der Waals surface area contributed by atoms with Gasteiger partial charge in [-0.05, 0) is 43.4 Å². The highest BCUT2D eigenvalue weighted by Crippen LogP contribution is 2.34. The van der Waals surface area contributed by atoms with Crippen molar-refractivity contribution >= 4 is 10.9 Å². The molecule has 2 nitrogen and oxygen atoms in total. The van der Waals surface area contributed by atoms with Crippen molar-refractivity contribution in [2.45, 2.75) is 32.2 Å². The zero-order chi connectivity index (χ0) is 10.4. The summed E-state index contributed by atoms with van der Waals surface area (Å²) in [6.07, 6.45) is 3.48. The van der Waals surface area contributed by atoms with Crippen LogP contribution in [-0.2, 0) is 6.42 Å². The van der Waals surface area contributed by atoms with Gasteiger partial charge in [0, 0.05) is 22.6 Å². The molecule has 0 bridgehead atoms. The molecule has 0 spiro atoms. The van der Waals surface area contributed by atoms with Crippen LogP contribution in [0.1, 0.15) is 35.7 Å². The number of H-pyrrole nitrogens is 1. The van der Waals surface area contributed by atoms with Crippen LogP contribution in [0.4, 0.5) is 0 Å². The first-order valence-electron chi connectivity index (χ1n) is 5.62. The van der Waals surface area contributed by atoms with Gasteiger partial charge in [-0.2, -0.15) is 0 Å². The van der Waals surface area contributed by atoms with Gasteiger partial charge in [0.2, 0.25) is 0 Å². The summed E-state index contributed by atoms with van der Waals surface area (Å²) in [4.78, 5) is 3.51. The summed E-state index contributed by atoms with van der Waals surface area (Å²) >= 11 is 0. The summed E-state index contributed by atoms with van der Waals surface area (Å²) in [7, 11) is 0. The summed E-state index contributed by atoms with van der Waals surface area (Å²) in [6.45, 7) is 2.12. The summed E-state index contributed by atoms with van der Waals surface area (Å²) in [6, 6.07) is 6.80. The normalized spacial score (nSPS) is 20.5. The molecule has 0 amide bonds. The van der Waals surface area contributed by atoms with Crippen LogP contribution in [0.25, 0.3) is 10.9 Å². The minimum Gasteiger partial charge on any atom is -0.358 e. The molecule has 1 aliphatic carbocycles. The molecule has 0 aliphatic heterocycles. The van der Waals surface area contributed by atoms with Crippen LogP contribution in [0, 0.1) is 6.92 Å². The number of hydrogen-bond donors (Lipinski definition) is 2. The number of nitrogens with two attached hydrogens (primary N) is 1. The first-order valence-corrected chi connectivity index (χ1v) is 5.62. The molecule has 1 aromatic carbocycles. The molecular weight excluding hydrogens is 184 g/mol. The van der Waals surface area contributed by atoms with Crippen molar-refractivity contribution in [1.82, 2.24) is 4.98 Å². The SMILES string of the molecule is Cc1ccc2c3c([nH]c2c1)CCCC3N. The minimum absolute atomic E-state index is 0.227. The van der Waals surface area contributed by atoms with Crippen molar-refractivity contribution < 1.29 is 0 Å². The van der Waals surface area contributed by atoms with Crippen LogP contribution < -0.4 is 5.73 Å². The maximum absolute atomic E-state index is 6.17. The van der Waals surface area contributed by atoms with Crippen molar-refractivity contribution in [2.24, 2.45) is 5.73 Å². The quantitative estimate of drug-likeness (QED) is 0.674. The van der Waals surface area contributed by atoms with E-state index in [9.17, 15) is 0 Å². The molecular formula is C13H16N2. The molecule has 0 radical (unpaired) electrons. The maximum Gasteiger partial charge on any atom is 0.0462 e. The van der Waals surface area contributed by atoms with E-state index in [1.165, 1.54) is 34.1 Å². The Morgan fingerprint density at radius 3 is 3.13 bits per heavy atom. The molecule has 2 heteroatoms. The molecule has 1 unspecified atom stereocenters. The molecule has 15 heavy (non-hydrogen) atoms. The topological polar surface area (TPSA) is 41.8 Å². The van der Waals surface area contributed by atoms with Crippen molar-refractivity contribution in [3.8, 4) is 0 Å². The Morgan fingerprint density at radius 2 is 2.27 bits per heavy atom. The van der Waals surface area contributed by atoms with Gasteiger partial charge in [0.25, 0.3) is 0 Å². The Balaban J connectivity index is 2.32. The standard InChI is InChI=1S/C13H16N2/c1-8-5-6-9-12(7-8)15-11-4-2-3-10(14)13(9)11/h5-7,10,15H,2-4,14H2,1H3. The van der Waals surface area contributed by atoms with E-state index in [1.54, 1.807) is 0 Å². The highest BCUT2D eigenvalue weighted by Gasteiger charge is 2.21. The Hall–Kier alpha value is -1.28. The van der Waals surface area contributed by atoms with Crippen LogP contribution >= 0.6 is 0 Å². The van der Waals surface area contributed by atoms with E-state index in [4.69, 9.17) is 5.73 Å². The molecule has 2 aromatic rings. The molecule has 0 fully saturated rings. The first kappa shape index (κ1) is 8.98. The molecule has 3 rings (SSSR count). The van der Waals surface area contributed by atoms with E-state index < -0.39 is 0 Å². The second-order valence-corrected chi connectivity index (χ2v) is 4.56. The molecule has 0 saturated heterocycles. The highest BCUT2D eigenvalue weighted by molar-refractivity contribution is 5.86. The molecule has 1 atom stereocenters. The molecule has 3 N–H and O–H groups in total. The van der Waals surface area contributed by atoms with Crippen LogP contribution in [0.2, 0.25) is 0 Å². The smallest absolute Gasteiger partial charge is 0.0462 e. The number of fused-ring (bicyclic) bond motifs is 3. The average Bonchev–Trinajstić information content (AvgIpc) is 2.56. The van der Waals surface area contributed by atoms with Gasteiger partial charge < -0.3 is 10.7 Å². The average molecular weight is 200 g/mol. The number of aryl methyl sites for hydroxylation is 2. The summed E-state index contributed by atoms with van der Waals surface area (Å²) in [5.74, 6) is 0. The van der Waals surface area contributed by atoms with Gasteiger partial charge in [0.1, 0.15) is 0 Å². The predicted octanol–water partition coefficient (Wildman–Crippen LogP) is 2.81. The Bertz CT molecular complexity index is 510. The first-order chi connectivity index (χ1) is 7.25. The third-order valence-corrected chi connectivity index (χ3v) is 3.39. The highest BCUT2D eigenvalue weighted by atomic mass is 14.8. The second kappa shape index (κ2) is 3.11. The number of benzene rings is 1. The van der Waals surface area contributed by atoms with Crippen molar-refractivity contribution in [2.75, 3.05) is 0 Å². The van der Waals surface area contributed by atoms with E-state index in [-0.39, 0.29) is 6.04 Å². The molecule has 78 valence electrons. The Morgan fingerprint density at radius 1 is 1.40 bits per heavy atom. The van der Waals surface area contributed by atoms with Gasteiger partial charge in [-0.1, -0.05) is 12.1 Å². The fourth-order valence-electron chi connectivity index (χ4n) is 2.65. The number of hydrogen-bond acceptors (Lipinski definition) is 1. The Kier molecular flexibility index (Phi) is 1.86. The van der Waals surface area contributed by atoms with Crippen LogP contribution in [-0.4, -0.2) is 4.98 Å². The van der Waals surface area contributed by atoms with Crippen LogP contribution in [0.15, 0.2) is 18.2 Å². The summed E-state index contributed by atoms with van der Waals surface area (Å²) in [5.41, 5.74) is 11.4. The van der Waals surface area contributed by atoms with Gasteiger partial charge in [-0.15, -0.1) is 0 Å². The number of aromatic amines is 1. The molecule has 1 aromatic heterocycles.